The molecule has 1 aromatic rings. The van der Waals surface area contributed by atoms with Gasteiger partial charge in [-0.25, -0.2) is 0 Å². The molecular formula is C16H22O4. The molecule has 0 amide bonds. The van der Waals surface area contributed by atoms with Gasteiger partial charge in [-0.1, -0.05) is 24.0 Å². The summed E-state index contributed by atoms with van der Waals surface area (Å²) in [4.78, 5) is 0. The number of hydrogen-bond acceptors (Lipinski definition) is 4. The minimum atomic E-state index is -0.107. The Bertz CT molecular complexity index is 416. The van der Waals surface area contributed by atoms with Crippen LogP contribution in [0, 0.1) is 11.8 Å². The highest BCUT2D eigenvalue weighted by molar-refractivity contribution is 5.26. The molecule has 1 N–H and O–H groups in total. The second-order valence-corrected chi connectivity index (χ2v) is 4.26. The summed E-state index contributed by atoms with van der Waals surface area (Å²) < 4.78 is 16.0. The predicted molar refractivity (Wildman–Crippen MR) is 77.5 cm³/mol. The van der Waals surface area contributed by atoms with Crippen molar-refractivity contribution >= 4 is 0 Å². The molecule has 1 aromatic carbocycles. The summed E-state index contributed by atoms with van der Waals surface area (Å²) >= 11 is 0. The lowest BCUT2D eigenvalue weighted by molar-refractivity contribution is 0.0491. The molecule has 1 atom stereocenters. The third kappa shape index (κ3) is 6.58. The molecule has 0 bridgehead atoms. The van der Waals surface area contributed by atoms with Crippen molar-refractivity contribution in [2.75, 3.05) is 27.4 Å². The molecule has 0 saturated heterocycles. The quantitative estimate of drug-likeness (QED) is 0.583. The topological polar surface area (TPSA) is 47.9 Å². The van der Waals surface area contributed by atoms with E-state index in [9.17, 15) is 0 Å². The van der Waals surface area contributed by atoms with Crippen molar-refractivity contribution in [2.45, 2.75) is 25.6 Å². The molecular weight excluding hydrogens is 256 g/mol. The Labute approximate surface area is 120 Å². The minimum Gasteiger partial charge on any atom is -0.497 e. The van der Waals surface area contributed by atoms with Crippen molar-refractivity contribution in [3.05, 3.63) is 29.8 Å². The number of benzene rings is 1. The van der Waals surface area contributed by atoms with Crippen LogP contribution in [0.5, 0.6) is 5.75 Å². The lowest BCUT2D eigenvalue weighted by Gasteiger charge is -2.12. The Kier molecular flexibility index (Phi) is 8.48. The monoisotopic (exact) mass is 278 g/mol. The first-order valence-electron chi connectivity index (χ1n) is 6.60. The highest BCUT2D eigenvalue weighted by atomic mass is 16.5. The Hall–Kier alpha value is -1.54. The zero-order valence-corrected chi connectivity index (χ0v) is 12.1. The molecule has 0 aromatic heterocycles. The van der Waals surface area contributed by atoms with Crippen LogP contribution >= 0.6 is 0 Å². The molecule has 0 heterocycles. The molecule has 0 spiro atoms. The standard InChI is InChI=1S/C16H22O4/c1-18-15(5-3-4-11-17)10-12-20-13-14-6-8-16(19-2)9-7-14/h6-9,15,17H,5,10-13H2,1-2H3/t15-/m1/s1. The summed E-state index contributed by atoms with van der Waals surface area (Å²) in [5, 5.41) is 8.58. The Morgan fingerprint density at radius 1 is 1.15 bits per heavy atom. The van der Waals surface area contributed by atoms with Crippen LogP contribution in [0.25, 0.3) is 0 Å². The largest absolute Gasteiger partial charge is 0.497 e. The molecule has 1 rings (SSSR count). The van der Waals surface area contributed by atoms with Gasteiger partial charge in [0.2, 0.25) is 0 Å². The van der Waals surface area contributed by atoms with Gasteiger partial charge in [-0.05, 0) is 24.1 Å². The predicted octanol–water partition coefficient (Wildman–Crippen LogP) is 2.00. The zero-order chi connectivity index (χ0) is 14.6. The number of aliphatic hydroxyl groups excluding tert-OH is 1. The molecule has 110 valence electrons. The maximum atomic E-state index is 8.58. The fourth-order valence-electron chi connectivity index (χ4n) is 1.67. The molecule has 0 unspecified atom stereocenters. The Balaban J connectivity index is 2.22. The van der Waals surface area contributed by atoms with Gasteiger partial charge < -0.3 is 19.3 Å². The molecule has 0 saturated carbocycles. The van der Waals surface area contributed by atoms with Crippen LogP contribution in [-0.2, 0) is 16.1 Å². The first kappa shape index (κ1) is 16.5. The van der Waals surface area contributed by atoms with Gasteiger partial charge in [-0.2, -0.15) is 0 Å². The number of ether oxygens (including phenoxy) is 3. The molecule has 0 aliphatic heterocycles. The molecule has 4 heteroatoms. The zero-order valence-electron chi connectivity index (χ0n) is 12.1. The maximum absolute atomic E-state index is 8.58. The van der Waals surface area contributed by atoms with Crippen molar-refractivity contribution < 1.29 is 19.3 Å². The van der Waals surface area contributed by atoms with E-state index < -0.39 is 0 Å². The molecule has 0 radical (unpaired) electrons. The van der Waals surface area contributed by atoms with Crippen LogP contribution in [0.15, 0.2) is 24.3 Å². The van der Waals surface area contributed by atoms with Gasteiger partial charge in [-0.3, -0.25) is 0 Å². The van der Waals surface area contributed by atoms with Gasteiger partial charge in [0, 0.05) is 20.1 Å². The highest BCUT2D eigenvalue weighted by Gasteiger charge is 2.05. The van der Waals surface area contributed by atoms with Crippen LogP contribution in [0.2, 0.25) is 0 Å². The fourth-order valence-corrected chi connectivity index (χ4v) is 1.67. The van der Waals surface area contributed by atoms with Crippen molar-refractivity contribution in [1.29, 1.82) is 0 Å². The summed E-state index contributed by atoms with van der Waals surface area (Å²) in [5.41, 5.74) is 1.11. The lowest BCUT2D eigenvalue weighted by Crippen LogP contribution is -2.13. The summed E-state index contributed by atoms with van der Waals surface area (Å²) in [5.74, 6) is 6.32. The smallest absolute Gasteiger partial charge is 0.118 e. The van der Waals surface area contributed by atoms with E-state index in [0.717, 1.165) is 17.7 Å². The van der Waals surface area contributed by atoms with Crippen LogP contribution in [-0.4, -0.2) is 38.6 Å². The Morgan fingerprint density at radius 3 is 2.50 bits per heavy atom. The Morgan fingerprint density at radius 2 is 1.90 bits per heavy atom. The van der Waals surface area contributed by atoms with Gasteiger partial charge in [0.25, 0.3) is 0 Å². The van der Waals surface area contributed by atoms with E-state index in [0.29, 0.717) is 19.6 Å². The third-order valence-electron chi connectivity index (χ3n) is 2.88. The van der Waals surface area contributed by atoms with E-state index in [-0.39, 0.29) is 12.7 Å². The molecule has 0 aliphatic rings. The first-order chi connectivity index (χ1) is 9.80. The van der Waals surface area contributed by atoms with E-state index in [1.54, 1.807) is 14.2 Å². The van der Waals surface area contributed by atoms with E-state index in [4.69, 9.17) is 19.3 Å². The first-order valence-corrected chi connectivity index (χ1v) is 6.60. The number of aliphatic hydroxyl groups is 1. The van der Waals surface area contributed by atoms with Crippen LogP contribution in [0.1, 0.15) is 18.4 Å². The van der Waals surface area contributed by atoms with Crippen molar-refractivity contribution in [2.24, 2.45) is 0 Å². The molecule has 4 nitrogen and oxygen atoms in total. The van der Waals surface area contributed by atoms with Gasteiger partial charge >= 0.3 is 0 Å². The second kappa shape index (κ2) is 10.3. The van der Waals surface area contributed by atoms with Gasteiger partial charge in [0.15, 0.2) is 0 Å². The second-order valence-electron chi connectivity index (χ2n) is 4.26. The van der Waals surface area contributed by atoms with Crippen LogP contribution in [0.4, 0.5) is 0 Å². The maximum Gasteiger partial charge on any atom is 0.118 e. The lowest BCUT2D eigenvalue weighted by atomic mass is 10.2. The van der Waals surface area contributed by atoms with Gasteiger partial charge in [0.1, 0.15) is 12.4 Å². The summed E-state index contributed by atoms with van der Waals surface area (Å²) in [6.07, 6.45) is 1.44. The van der Waals surface area contributed by atoms with Crippen molar-refractivity contribution in [3.8, 4) is 17.6 Å². The average Bonchev–Trinajstić information content (AvgIpc) is 2.50. The van der Waals surface area contributed by atoms with E-state index in [2.05, 4.69) is 11.8 Å². The molecule has 20 heavy (non-hydrogen) atoms. The SMILES string of the molecule is COc1ccc(COCC[C@@H](CC#CCO)OC)cc1. The van der Waals surface area contributed by atoms with E-state index in [1.807, 2.05) is 24.3 Å². The number of methoxy groups -OCH3 is 2. The molecule has 0 aliphatic carbocycles. The van der Waals surface area contributed by atoms with E-state index in [1.165, 1.54) is 0 Å². The highest BCUT2D eigenvalue weighted by Crippen LogP contribution is 2.12. The normalized spacial score (nSPS) is 11.6. The summed E-state index contributed by atoms with van der Waals surface area (Å²) in [6, 6.07) is 7.81. The van der Waals surface area contributed by atoms with Crippen molar-refractivity contribution in [3.63, 3.8) is 0 Å². The number of hydrogen-bond donors (Lipinski definition) is 1. The summed E-state index contributed by atoms with van der Waals surface area (Å²) in [7, 11) is 3.31. The number of rotatable bonds is 8. The average molecular weight is 278 g/mol. The van der Waals surface area contributed by atoms with Crippen LogP contribution in [0.3, 0.4) is 0 Å². The van der Waals surface area contributed by atoms with Gasteiger partial charge in [0.05, 0.1) is 19.8 Å². The van der Waals surface area contributed by atoms with Crippen molar-refractivity contribution in [1.82, 2.24) is 0 Å². The molecule has 0 fully saturated rings. The van der Waals surface area contributed by atoms with Crippen LogP contribution < -0.4 is 4.74 Å². The third-order valence-corrected chi connectivity index (χ3v) is 2.88. The summed E-state index contributed by atoms with van der Waals surface area (Å²) in [6.45, 7) is 1.08. The minimum absolute atomic E-state index is 0.0462. The fraction of sp³-hybridized carbons (Fsp3) is 0.500. The van der Waals surface area contributed by atoms with Gasteiger partial charge in [-0.15, -0.1) is 0 Å². The van der Waals surface area contributed by atoms with E-state index >= 15 is 0 Å².